The van der Waals surface area contributed by atoms with Gasteiger partial charge in [0.15, 0.2) is 0 Å². The summed E-state index contributed by atoms with van der Waals surface area (Å²) in [6.45, 7) is 6.00. The Morgan fingerprint density at radius 3 is 2.12 bits per heavy atom. The van der Waals surface area contributed by atoms with Gasteiger partial charge in [0.05, 0.1) is 0 Å². The SMILES string of the molecule is CCCCCCCCCC(C)(CNC)C1CC1. The highest BCUT2D eigenvalue weighted by atomic mass is 14.8. The molecule has 1 unspecified atom stereocenters. The number of hydrogen-bond acceptors (Lipinski definition) is 1. The minimum Gasteiger partial charge on any atom is -0.319 e. The van der Waals surface area contributed by atoms with Crippen LogP contribution in [-0.4, -0.2) is 13.6 Å². The van der Waals surface area contributed by atoms with Crippen LogP contribution in [0.5, 0.6) is 0 Å². The summed E-state index contributed by atoms with van der Waals surface area (Å²) in [5.74, 6) is 1.02. The summed E-state index contributed by atoms with van der Waals surface area (Å²) in [5, 5.41) is 3.40. The molecule has 0 spiro atoms. The number of nitrogens with one attached hydrogen (secondary N) is 1. The van der Waals surface area contributed by atoms with Gasteiger partial charge in [-0.3, -0.25) is 0 Å². The van der Waals surface area contributed by atoms with E-state index in [1.807, 2.05) is 0 Å². The van der Waals surface area contributed by atoms with Crippen molar-refractivity contribution < 1.29 is 0 Å². The van der Waals surface area contributed by atoms with Crippen molar-refractivity contribution >= 4 is 0 Å². The van der Waals surface area contributed by atoms with Crippen molar-refractivity contribution in [1.29, 1.82) is 0 Å². The van der Waals surface area contributed by atoms with E-state index in [0.717, 1.165) is 5.92 Å². The molecule has 1 aliphatic carbocycles. The predicted octanol–water partition coefficient (Wildman–Crippen LogP) is 4.76. The fourth-order valence-corrected chi connectivity index (χ4v) is 3.11. The van der Waals surface area contributed by atoms with Gasteiger partial charge in [-0.2, -0.15) is 0 Å². The van der Waals surface area contributed by atoms with E-state index in [-0.39, 0.29) is 0 Å². The summed E-state index contributed by atoms with van der Waals surface area (Å²) < 4.78 is 0. The molecule has 0 heterocycles. The van der Waals surface area contributed by atoms with Crippen molar-refractivity contribution in [3.05, 3.63) is 0 Å². The second-order valence-corrected chi connectivity index (χ2v) is 6.33. The van der Waals surface area contributed by atoms with E-state index in [0.29, 0.717) is 5.41 Å². The van der Waals surface area contributed by atoms with Crippen LogP contribution in [0.4, 0.5) is 0 Å². The van der Waals surface area contributed by atoms with E-state index in [1.54, 1.807) is 0 Å². The molecule has 1 atom stereocenters. The first-order chi connectivity index (χ1) is 8.23. The van der Waals surface area contributed by atoms with Gasteiger partial charge in [-0.05, 0) is 37.6 Å². The quantitative estimate of drug-likeness (QED) is 0.512. The van der Waals surface area contributed by atoms with Crippen molar-refractivity contribution in [3.8, 4) is 0 Å². The Hall–Kier alpha value is -0.0400. The van der Waals surface area contributed by atoms with Crippen LogP contribution in [0.3, 0.4) is 0 Å². The average Bonchev–Trinajstić information content (AvgIpc) is 3.12. The molecule has 1 saturated carbocycles. The zero-order chi connectivity index (χ0) is 12.6. The zero-order valence-corrected chi connectivity index (χ0v) is 12.4. The first-order valence-electron chi connectivity index (χ1n) is 7.87. The molecule has 0 aromatic rings. The molecule has 0 bridgehead atoms. The lowest BCUT2D eigenvalue weighted by Crippen LogP contribution is -2.31. The molecule has 0 amide bonds. The first-order valence-corrected chi connectivity index (χ1v) is 7.87. The minimum absolute atomic E-state index is 0.595. The summed E-state index contributed by atoms with van der Waals surface area (Å²) >= 11 is 0. The monoisotopic (exact) mass is 239 g/mol. The van der Waals surface area contributed by atoms with E-state index in [1.165, 1.54) is 70.8 Å². The normalized spacial score (nSPS) is 19.2. The largest absolute Gasteiger partial charge is 0.319 e. The molecule has 0 saturated heterocycles. The van der Waals surface area contributed by atoms with Gasteiger partial charge in [0.1, 0.15) is 0 Å². The Morgan fingerprint density at radius 1 is 1.00 bits per heavy atom. The summed E-state index contributed by atoms with van der Waals surface area (Å²) in [4.78, 5) is 0. The van der Waals surface area contributed by atoms with Crippen molar-refractivity contribution in [2.75, 3.05) is 13.6 Å². The van der Waals surface area contributed by atoms with Crippen molar-refractivity contribution in [2.24, 2.45) is 11.3 Å². The van der Waals surface area contributed by atoms with Crippen LogP contribution in [0.2, 0.25) is 0 Å². The summed E-state index contributed by atoms with van der Waals surface area (Å²) in [7, 11) is 2.10. The highest BCUT2D eigenvalue weighted by molar-refractivity contribution is 4.92. The maximum atomic E-state index is 3.40. The van der Waals surface area contributed by atoms with E-state index in [4.69, 9.17) is 0 Å². The van der Waals surface area contributed by atoms with Crippen LogP contribution in [0.15, 0.2) is 0 Å². The van der Waals surface area contributed by atoms with Crippen LogP contribution >= 0.6 is 0 Å². The standard InChI is InChI=1S/C16H33N/c1-4-5-6-7-8-9-10-13-16(2,14-17-3)15-11-12-15/h15,17H,4-14H2,1-3H3. The van der Waals surface area contributed by atoms with Gasteiger partial charge in [0.2, 0.25) is 0 Å². The van der Waals surface area contributed by atoms with Gasteiger partial charge in [0, 0.05) is 6.54 Å². The van der Waals surface area contributed by atoms with E-state index in [2.05, 4.69) is 26.2 Å². The average molecular weight is 239 g/mol. The molecule has 1 N–H and O–H groups in total. The Kier molecular flexibility index (Phi) is 7.18. The zero-order valence-electron chi connectivity index (χ0n) is 12.4. The molecule has 0 radical (unpaired) electrons. The third kappa shape index (κ3) is 5.90. The predicted molar refractivity (Wildman–Crippen MR) is 77.4 cm³/mol. The third-order valence-corrected chi connectivity index (χ3v) is 4.50. The summed E-state index contributed by atoms with van der Waals surface area (Å²) in [6.07, 6.45) is 14.5. The van der Waals surface area contributed by atoms with Crippen molar-refractivity contribution in [3.63, 3.8) is 0 Å². The lowest BCUT2D eigenvalue weighted by atomic mass is 9.79. The topological polar surface area (TPSA) is 12.0 Å². The van der Waals surface area contributed by atoms with E-state index in [9.17, 15) is 0 Å². The van der Waals surface area contributed by atoms with Gasteiger partial charge < -0.3 is 5.32 Å². The molecule has 1 heteroatoms. The molecular weight excluding hydrogens is 206 g/mol. The molecule has 102 valence electrons. The Bertz CT molecular complexity index is 186. The molecule has 1 nitrogen and oxygen atoms in total. The first kappa shape index (κ1) is 15.0. The molecule has 1 aliphatic rings. The fourth-order valence-electron chi connectivity index (χ4n) is 3.11. The fraction of sp³-hybridized carbons (Fsp3) is 1.00. The highest BCUT2D eigenvalue weighted by Crippen LogP contribution is 2.48. The lowest BCUT2D eigenvalue weighted by molar-refractivity contribution is 0.233. The second kappa shape index (κ2) is 8.13. The minimum atomic E-state index is 0.595. The van der Waals surface area contributed by atoms with Crippen LogP contribution in [0.25, 0.3) is 0 Å². The number of rotatable bonds is 11. The van der Waals surface area contributed by atoms with Crippen LogP contribution in [0, 0.1) is 11.3 Å². The van der Waals surface area contributed by atoms with E-state index < -0.39 is 0 Å². The summed E-state index contributed by atoms with van der Waals surface area (Å²) in [5.41, 5.74) is 0.595. The van der Waals surface area contributed by atoms with E-state index >= 15 is 0 Å². The maximum Gasteiger partial charge on any atom is 0.000481 e. The molecule has 1 rings (SSSR count). The molecule has 17 heavy (non-hydrogen) atoms. The van der Waals surface area contributed by atoms with Crippen LogP contribution in [0.1, 0.15) is 78.1 Å². The van der Waals surface area contributed by atoms with Crippen LogP contribution in [-0.2, 0) is 0 Å². The number of hydrogen-bond donors (Lipinski definition) is 1. The molecular formula is C16H33N. The maximum absolute atomic E-state index is 3.40. The van der Waals surface area contributed by atoms with Gasteiger partial charge >= 0.3 is 0 Å². The van der Waals surface area contributed by atoms with Gasteiger partial charge in [0.25, 0.3) is 0 Å². The van der Waals surface area contributed by atoms with Crippen molar-refractivity contribution in [2.45, 2.75) is 78.1 Å². The smallest absolute Gasteiger partial charge is 0.000481 e. The van der Waals surface area contributed by atoms with Gasteiger partial charge in [-0.25, -0.2) is 0 Å². The van der Waals surface area contributed by atoms with Gasteiger partial charge in [-0.15, -0.1) is 0 Å². The molecule has 1 fully saturated rings. The Labute approximate surface area is 109 Å². The van der Waals surface area contributed by atoms with Crippen LogP contribution < -0.4 is 5.32 Å². The molecule has 0 aromatic carbocycles. The Balaban J connectivity index is 2.03. The third-order valence-electron chi connectivity index (χ3n) is 4.50. The Morgan fingerprint density at radius 2 is 1.59 bits per heavy atom. The lowest BCUT2D eigenvalue weighted by Gasteiger charge is -2.29. The molecule has 0 aliphatic heterocycles. The highest BCUT2D eigenvalue weighted by Gasteiger charge is 2.40. The second-order valence-electron chi connectivity index (χ2n) is 6.33. The summed E-state index contributed by atoms with van der Waals surface area (Å²) in [6, 6.07) is 0. The van der Waals surface area contributed by atoms with Crippen molar-refractivity contribution in [1.82, 2.24) is 5.32 Å². The number of unbranched alkanes of at least 4 members (excludes halogenated alkanes) is 6. The van der Waals surface area contributed by atoms with Gasteiger partial charge in [-0.1, -0.05) is 58.8 Å². The molecule has 0 aromatic heterocycles.